The molecule has 1 aliphatic carbocycles. The highest BCUT2D eigenvalue weighted by molar-refractivity contribution is 9.10. The third-order valence-corrected chi connectivity index (χ3v) is 2.85. The van der Waals surface area contributed by atoms with Crippen molar-refractivity contribution in [2.45, 2.75) is 18.9 Å². The van der Waals surface area contributed by atoms with E-state index in [0.29, 0.717) is 6.04 Å². The Hall–Kier alpha value is -1.03. The number of nitrogens with zero attached hydrogens (tertiary/aromatic N) is 1. The molecule has 1 aromatic carbocycles. The van der Waals surface area contributed by atoms with Gasteiger partial charge in [0.15, 0.2) is 11.4 Å². The summed E-state index contributed by atoms with van der Waals surface area (Å²) in [5.74, 6) is 0.870. The predicted molar refractivity (Wildman–Crippen MR) is 58.4 cm³/mol. The van der Waals surface area contributed by atoms with Crippen molar-refractivity contribution in [3.63, 3.8) is 0 Å². The highest BCUT2D eigenvalue weighted by atomic mass is 79.9. The topological polar surface area (TPSA) is 38.1 Å². The molecule has 0 radical (unpaired) electrons. The summed E-state index contributed by atoms with van der Waals surface area (Å²) in [5, 5.41) is 8.40. The molecule has 0 bridgehead atoms. The summed E-state index contributed by atoms with van der Waals surface area (Å²) in [5.41, 5.74) is 0.822. The summed E-state index contributed by atoms with van der Waals surface area (Å²) < 4.78 is 6.23. The minimum atomic E-state index is 0.604. The maximum absolute atomic E-state index is 5.22. The molecule has 1 saturated carbocycles. The quantitative estimate of drug-likeness (QED) is 0.893. The van der Waals surface area contributed by atoms with Gasteiger partial charge in [-0.25, -0.2) is 0 Å². The number of benzene rings is 1. The van der Waals surface area contributed by atoms with E-state index in [9.17, 15) is 0 Å². The Morgan fingerprint density at radius 3 is 3.07 bits per heavy atom. The largest absolute Gasteiger partial charge is 0.364 e. The van der Waals surface area contributed by atoms with Gasteiger partial charge in [-0.3, -0.25) is 0 Å². The molecule has 1 fully saturated rings. The molecule has 0 amide bonds. The van der Waals surface area contributed by atoms with Crippen LogP contribution in [0.1, 0.15) is 12.8 Å². The van der Waals surface area contributed by atoms with E-state index < -0.39 is 0 Å². The molecule has 0 saturated heterocycles. The molecule has 72 valence electrons. The Kier molecular flexibility index (Phi) is 1.77. The van der Waals surface area contributed by atoms with Crippen LogP contribution in [-0.2, 0) is 0 Å². The molecule has 1 N–H and O–H groups in total. The van der Waals surface area contributed by atoms with Crippen molar-refractivity contribution in [3.05, 3.63) is 22.7 Å². The van der Waals surface area contributed by atoms with Crippen molar-refractivity contribution in [3.8, 4) is 0 Å². The van der Waals surface area contributed by atoms with Crippen LogP contribution in [0.5, 0.6) is 0 Å². The first kappa shape index (κ1) is 8.29. The second-order valence-corrected chi connectivity index (χ2v) is 4.51. The standard InChI is InChI=1S/C10H9BrN2O/c11-6-1-4-8-9(5-6)14-13-10(8)12-7-2-3-7/h1,4-5,7H,2-3H2,(H,12,13). The van der Waals surface area contributed by atoms with Gasteiger partial charge in [-0.15, -0.1) is 0 Å². The third-order valence-electron chi connectivity index (χ3n) is 2.35. The van der Waals surface area contributed by atoms with Crippen molar-refractivity contribution in [1.82, 2.24) is 5.16 Å². The van der Waals surface area contributed by atoms with Crippen LogP contribution in [0.4, 0.5) is 5.82 Å². The molecular weight excluding hydrogens is 244 g/mol. The zero-order valence-electron chi connectivity index (χ0n) is 7.46. The lowest BCUT2D eigenvalue weighted by molar-refractivity contribution is 0.459. The molecule has 1 aromatic heterocycles. The van der Waals surface area contributed by atoms with E-state index in [1.165, 1.54) is 12.8 Å². The van der Waals surface area contributed by atoms with Gasteiger partial charge in [0, 0.05) is 10.5 Å². The molecule has 14 heavy (non-hydrogen) atoms. The smallest absolute Gasteiger partial charge is 0.177 e. The monoisotopic (exact) mass is 252 g/mol. The van der Waals surface area contributed by atoms with Gasteiger partial charge in [0.2, 0.25) is 0 Å². The van der Waals surface area contributed by atoms with E-state index in [2.05, 4.69) is 26.4 Å². The van der Waals surface area contributed by atoms with Gasteiger partial charge in [-0.05, 0) is 31.0 Å². The van der Waals surface area contributed by atoms with E-state index >= 15 is 0 Å². The number of halogens is 1. The third kappa shape index (κ3) is 1.39. The van der Waals surface area contributed by atoms with Crippen molar-refractivity contribution < 1.29 is 4.52 Å². The maximum Gasteiger partial charge on any atom is 0.177 e. The first-order valence-electron chi connectivity index (χ1n) is 4.64. The number of hydrogen-bond acceptors (Lipinski definition) is 3. The number of hydrogen-bond donors (Lipinski definition) is 1. The Morgan fingerprint density at radius 1 is 1.43 bits per heavy atom. The van der Waals surface area contributed by atoms with Crippen molar-refractivity contribution >= 4 is 32.7 Å². The number of nitrogens with one attached hydrogen (secondary N) is 1. The Bertz CT molecular complexity index is 476. The average Bonchev–Trinajstić information content (AvgIpc) is 2.89. The first-order chi connectivity index (χ1) is 6.83. The zero-order valence-corrected chi connectivity index (χ0v) is 9.04. The Morgan fingerprint density at radius 2 is 2.29 bits per heavy atom. The van der Waals surface area contributed by atoms with Crippen molar-refractivity contribution in [1.29, 1.82) is 0 Å². The Balaban J connectivity index is 2.06. The molecule has 0 unspecified atom stereocenters. The normalized spacial score (nSPS) is 16.1. The van der Waals surface area contributed by atoms with Gasteiger partial charge in [0.25, 0.3) is 0 Å². The second-order valence-electron chi connectivity index (χ2n) is 3.59. The molecule has 3 rings (SSSR count). The summed E-state index contributed by atoms with van der Waals surface area (Å²) in [6.07, 6.45) is 2.48. The summed E-state index contributed by atoms with van der Waals surface area (Å²) in [7, 11) is 0. The lowest BCUT2D eigenvalue weighted by Gasteiger charge is -1.97. The van der Waals surface area contributed by atoms with Crippen LogP contribution >= 0.6 is 15.9 Å². The minimum Gasteiger partial charge on any atom is -0.364 e. The van der Waals surface area contributed by atoms with E-state index in [-0.39, 0.29) is 0 Å². The summed E-state index contributed by atoms with van der Waals surface area (Å²) in [6.45, 7) is 0. The molecular formula is C10H9BrN2O. The van der Waals surface area contributed by atoms with E-state index in [0.717, 1.165) is 21.3 Å². The maximum atomic E-state index is 5.22. The number of aromatic nitrogens is 1. The van der Waals surface area contributed by atoms with E-state index in [1.807, 2.05) is 18.2 Å². The molecule has 0 spiro atoms. The second kappa shape index (κ2) is 2.98. The van der Waals surface area contributed by atoms with Crippen LogP contribution in [0, 0.1) is 0 Å². The molecule has 1 aliphatic rings. The van der Waals surface area contributed by atoms with Gasteiger partial charge in [-0.1, -0.05) is 21.1 Å². The number of rotatable bonds is 2. The predicted octanol–water partition coefficient (Wildman–Crippen LogP) is 3.16. The highest BCUT2D eigenvalue weighted by Gasteiger charge is 2.23. The summed E-state index contributed by atoms with van der Waals surface area (Å²) in [6, 6.07) is 6.55. The fraction of sp³-hybridized carbons (Fsp3) is 0.300. The van der Waals surface area contributed by atoms with E-state index in [1.54, 1.807) is 0 Å². The van der Waals surface area contributed by atoms with Crippen LogP contribution in [0.25, 0.3) is 11.0 Å². The van der Waals surface area contributed by atoms with Crippen LogP contribution in [0.3, 0.4) is 0 Å². The molecule has 3 nitrogen and oxygen atoms in total. The van der Waals surface area contributed by atoms with Crippen LogP contribution in [0.2, 0.25) is 0 Å². The van der Waals surface area contributed by atoms with Gasteiger partial charge in [0.1, 0.15) is 0 Å². The lowest BCUT2D eigenvalue weighted by atomic mass is 10.2. The molecule has 2 aromatic rings. The SMILES string of the molecule is Brc1ccc2c(NC3CC3)noc2c1. The average molecular weight is 253 g/mol. The van der Waals surface area contributed by atoms with Crippen molar-refractivity contribution in [2.75, 3.05) is 5.32 Å². The van der Waals surface area contributed by atoms with Crippen LogP contribution < -0.4 is 5.32 Å². The molecule has 0 aliphatic heterocycles. The fourth-order valence-corrected chi connectivity index (χ4v) is 1.78. The van der Waals surface area contributed by atoms with Crippen LogP contribution in [0.15, 0.2) is 27.2 Å². The van der Waals surface area contributed by atoms with Gasteiger partial charge < -0.3 is 9.84 Å². The Labute approximate surface area is 89.6 Å². The number of anilines is 1. The lowest BCUT2D eigenvalue weighted by Crippen LogP contribution is -2.00. The fourth-order valence-electron chi connectivity index (χ4n) is 1.44. The van der Waals surface area contributed by atoms with Crippen molar-refractivity contribution in [2.24, 2.45) is 0 Å². The van der Waals surface area contributed by atoms with E-state index in [4.69, 9.17) is 4.52 Å². The van der Waals surface area contributed by atoms with Gasteiger partial charge >= 0.3 is 0 Å². The first-order valence-corrected chi connectivity index (χ1v) is 5.44. The van der Waals surface area contributed by atoms with Crippen LogP contribution in [-0.4, -0.2) is 11.2 Å². The molecule has 0 atom stereocenters. The van der Waals surface area contributed by atoms with Gasteiger partial charge in [-0.2, -0.15) is 0 Å². The molecule has 1 heterocycles. The summed E-state index contributed by atoms with van der Waals surface area (Å²) >= 11 is 3.40. The van der Waals surface area contributed by atoms with Gasteiger partial charge in [0.05, 0.1) is 5.39 Å². The zero-order chi connectivity index (χ0) is 9.54. The highest BCUT2D eigenvalue weighted by Crippen LogP contribution is 2.30. The summed E-state index contributed by atoms with van der Waals surface area (Å²) in [4.78, 5) is 0. The number of fused-ring (bicyclic) bond motifs is 1. The molecule has 4 heteroatoms. The minimum absolute atomic E-state index is 0.604.